The van der Waals surface area contributed by atoms with Crippen LogP contribution in [0, 0.1) is 11.7 Å². The van der Waals surface area contributed by atoms with Crippen LogP contribution >= 0.6 is 11.8 Å². The molecule has 3 rings (SSSR count). The number of hydrogen-bond donors (Lipinski definition) is 2. The van der Waals surface area contributed by atoms with Gasteiger partial charge in [-0.15, -0.1) is 11.8 Å². The highest BCUT2D eigenvalue weighted by molar-refractivity contribution is 7.98. The van der Waals surface area contributed by atoms with Gasteiger partial charge in [-0.1, -0.05) is 13.8 Å². The van der Waals surface area contributed by atoms with Gasteiger partial charge in [-0.3, -0.25) is 0 Å². The van der Waals surface area contributed by atoms with Crippen LogP contribution in [0.1, 0.15) is 30.7 Å². The molecular formula is C21H26F4N4O2S. The predicted octanol–water partition coefficient (Wildman–Crippen LogP) is 3.69. The molecule has 2 aromatic rings. The molecule has 11 heteroatoms. The Morgan fingerprint density at radius 2 is 1.91 bits per heavy atom. The molecule has 0 saturated carbocycles. The van der Waals surface area contributed by atoms with E-state index in [-0.39, 0.29) is 29.0 Å². The Bertz CT molecular complexity index is 958. The number of thioether (sulfide) groups is 1. The van der Waals surface area contributed by atoms with Crippen molar-refractivity contribution in [1.29, 1.82) is 0 Å². The summed E-state index contributed by atoms with van der Waals surface area (Å²) in [5.74, 6) is -0.482. The van der Waals surface area contributed by atoms with Gasteiger partial charge in [0.1, 0.15) is 5.82 Å². The van der Waals surface area contributed by atoms with Crippen LogP contribution in [0.4, 0.5) is 29.2 Å². The fourth-order valence-electron chi connectivity index (χ4n) is 3.88. The van der Waals surface area contributed by atoms with E-state index in [1.54, 1.807) is 11.2 Å². The molecule has 32 heavy (non-hydrogen) atoms. The molecule has 176 valence electrons. The van der Waals surface area contributed by atoms with E-state index in [0.717, 1.165) is 6.20 Å². The first-order valence-electron chi connectivity index (χ1n) is 10.1. The molecule has 0 bridgehead atoms. The van der Waals surface area contributed by atoms with Gasteiger partial charge in [-0.05, 0) is 24.3 Å². The number of anilines is 2. The number of rotatable bonds is 6. The third-order valence-corrected chi connectivity index (χ3v) is 6.42. The van der Waals surface area contributed by atoms with Crippen LogP contribution < -0.4 is 9.80 Å². The number of halogens is 4. The van der Waals surface area contributed by atoms with E-state index in [4.69, 9.17) is 0 Å². The molecule has 1 aliphatic heterocycles. The molecular weight excluding hydrogens is 448 g/mol. The Balaban J connectivity index is 1.92. The molecule has 2 heterocycles. The van der Waals surface area contributed by atoms with Crippen molar-refractivity contribution >= 4 is 23.4 Å². The second-order valence-corrected chi connectivity index (χ2v) is 8.77. The van der Waals surface area contributed by atoms with E-state index < -0.39 is 30.9 Å². The number of nitrogens with zero attached hydrogens (tertiary/aromatic N) is 4. The summed E-state index contributed by atoms with van der Waals surface area (Å²) in [5, 5.41) is 18.7. The summed E-state index contributed by atoms with van der Waals surface area (Å²) < 4.78 is 54.7. The fraction of sp³-hybridized carbons (Fsp3) is 0.524. The maximum atomic E-state index is 14.5. The van der Waals surface area contributed by atoms with E-state index in [2.05, 4.69) is 9.97 Å². The Hall–Kier alpha value is -2.11. The van der Waals surface area contributed by atoms with Gasteiger partial charge in [0.2, 0.25) is 5.95 Å². The van der Waals surface area contributed by atoms with Crippen molar-refractivity contribution < 1.29 is 27.8 Å². The van der Waals surface area contributed by atoms with Gasteiger partial charge >= 0.3 is 6.18 Å². The third kappa shape index (κ3) is 4.94. The van der Waals surface area contributed by atoms with Crippen LogP contribution in [0.2, 0.25) is 0 Å². The van der Waals surface area contributed by atoms with Crippen LogP contribution in [0.15, 0.2) is 23.2 Å². The van der Waals surface area contributed by atoms with Gasteiger partial charge in [-0.2, -0.15) is 13.2 Å². The zero-order chi connectivity index (χ0) is 23.6. The molecule has 2 N–H and O–H groups in total. The van der Waals surface area contributed by atoms with Crippen LogP contribution in [0.5, 0.6) is 0 Å². The lowest BCUT2D eigenvalue weighted by atomic mass is 9.99. The lowest BCUT2D eigenvalue weighted by Gasteiger charge is -2.44. The number of aliphatic hydroxyl groups excluding tert-OH is 2. The van der Waals surface area contributed by atoms with Gasteiger partial charge in [-0.25, -0.2) is 14.4 Å². The highest BCUT2D eigenvalue weighted by atomic mass is 32.2. The van der Waals surface area contributed by atoms with Gasteiger partial charge in [0.05, 0.1) is 19.3 Å². The number of hydrogen-bond acceptors (Lipinski definition) is 7. The van der Waals surface area contributed by atoms with Crippen molar-refractivity contribution in [3.8, 4) is 0 Å². The zero-order valence-corrected chi connectivity index (χ0v) is 18.8. The maximum Gasteiger partial charge on any atom is 0.433 e. The molecule has 0 aliphatic carbocycles. The van der Waals surface area contributed by atoms with E-state index >= 15 is 0 Å². The summed E-state index contributed by atoms with van der Waals surface area (Å²) in [5.41, 5.74) is -0.606. The summed E-state index contributed by atoms with van der Waals surface area (Å²) in [7, 11) is 0. The molecule has 1 atom stereocenters. The van der Waals surface area contributed by atoms with Crippen molar-refractivity contribution in [2.45, 2.75) is 44.2 Å². The molecule has 0 amide bonds. The topological polar surface area (TPSA) is 72.7 Å². The van der Waals surface area contributed by atoms with Gasteiger partial charge in [0.15, 0.2) is 5.69 Å². The molecule has 1 saturated heterocycles. The smallest absolute Gasteiger partial charge is 0.392 e. The summed E-state index contributed by atoms with van der Waals surface area (Å²) >= 11 is 1.34. The average molecular weight is 475 g/mol. The summed E-state index contributed by atoms with van der Waals surface area (Å²) in [4.78, 5) is 12.2. The van der Waals surface area contributed by atoms with Gasteiger partial charge < -0.3 is 20.0 Å². The standard InChI is InChI=1S/C21H26F4N4O2S/c1-12(2)17-9-28(14-6-16(22)15(11-31)18(7-14)32-3)4-5-29(17)20-26-8-13(10-30)19(27-20)21(23,24)25/h6-8,12,17,30-31H,4-5,9-11H2,1-3H3. The van der Waals surface area contributed by atoms with Crippen molar-refractivity contribution in [2.24, 2.45) is 5.92 Å². The minimum Gasteiger partial charge on any atom is -0.392 e. The number of aliphatic hydroxyl groups is 2. The van der Waals surface area contributed by atoms with Gasteiger partial charge in [0, 0.05) is 47.5 Å². The predicted molar refractivity (Wildman–Crippen MR) is 115 cm³/mol. The molecule has 1 aromatic heterocycles. The minimum atomic E-state index is -4.70. The Labute approximate surface area is 188 Å². The molecule has 1 aliphatic rings. The van der Waals surface area contributed by atoms with Crippen molar-refractivity contribution in [1.82, 2.24) is 9.97 Å². The zero-order valence-electron chi connectivity index (χ0n) is 18.0. The normalized spacial score (nSPS) is 17.4. The monoisotopic (exact) mass is 474 g/mol. The minimum absolute atomic E-state index is 0.0421. The highest BCUT2D eigenvalue weighted by Crippen LogP contribution is 2.34. The number of benzene rings is 1. The van der Waals surface area contributed by atoms with E-state index in [1.165, 1.54) is 17.8 Å². The number of piperazine rings is 1. The van der Waals surface area contributed by atoms with E-state index in [9.17, 15) is 27.8 Å². The quantitative estimate of drug-likeness (QED) is 0.489. The first-order chi connectivity index (χ1) is 15.1. The number of alkyl halides is 3. The first kappa shape index (κ1) is 24.5. The van der Waals surface area contributed by atoms with Crippen molar-refractivity contribution in [3.05, 3.63) is 41.0 Å². The second-order valence-electron chi connectivity index (χ2n) is 7.92. The lowest BCUT2D eigenvalue weighted by molar-refractivity contribution is -0.142. The Morgan fingerprint density at radius 1 is 1.19 bits per heavy atom. The van der Waals surface area contributed by atoms with Crippen LogP contribution in [0.3, 0.4) is 0 Å². The van der Waals surface area contributed by atoms with Crippen LogP contribution in [0.25, 0.3) is 0 Å². The maximum absolute atomic E-state index is 14.5. The first-order valence-corrected chi connectivity index (χ1v) is 11.4. The molecule has 6 nitrogen and oxygen atoms in total. The summed E-state index contributed by atoms with van der Waals surface area (Å²) in [6.45, 7) is 3.93. The second kappa shape index (κ2) is 9.80. The molecule has 1 aromatic carbocycles. The van der Waals surface area contributed by atoms with Crippen molar-refractivity contribution in [3.63, 3.8) is 0 Å². The molecule has 0 radical (unpaired) electrons. The van der Waals surface area contributed by atoms with Gasteiger partial charge in [0.25, 0.3) is 0 Å². The van der Waals surface area contributed by atoms with E-state index in [0.29, 0.717) is 30.2 Å². The summed E-state index contributed by atoms with van der Waals surface area (Å²) in [6, 6.07) is 2.98. The highest BCUT2D eigenvalue weighted by Gasteiger charge is 2.38. The Kier molecular flexibility index (Phi) is 7.51. The largest absolute Gasteiger partial charge is 0.433 e. The number of aromatic nitrogens is 2. The lowest BCUT2D eigenvalue weighted by Crippen LogP contribution is -2.56. The van der Waals surface area contributed by atoms with E-state index in [1.807, 2.05) is 24.8 Å². The Morgan fingerprint density at radius 3 is 2.47 bits per heavy atom. The molecule has 0 spiro atoms. The molecule has 1 fully saturated rings. The van der Waals surface area contributed by atoms with Crippen LogP contribution in [-0.4, -0.2) is 52.1 Å². The third-order valence-electron chi connectivity index (χ3n) is 5.62. The molecule has 1 unspecified atom stereocenters. The average Bonchev–Trinajstić information content (AvgIpc) is 2.76. The van der Waals surface area contributed by atoms with Crippen LogP contribution in [-0.2, 0) is 19.4 Å². The van der Waals surface area contributed by atoms with Crippen molar-refractivity contribution in [2.75, 3.05) is 35.7 Å². The fourth-order valence-corrected chi connectivity index (χ4v) is 4.52. The summed E-state index contributed by atoms with van der Waals surface area (Å²) in [6.07, 6.45) is -1.88. The SMILES string of the molecule is CSc1cc(N2CCN(c3ncc(CO)c(C(F)(F)F)n3)C(C(C)C)C2)cc(F)c1CO.